The van der Waals surface area contributed by atoms with Crippen molar-refractivity contribution < 1.29 is 16.8 Å². The first kappa shape index (κ1) is 19.6. The normalized spacial score (nSPS) is 22.6. The van der Waals surface area contributed by atoms with Crippen LogP contribution in [0.25, 0.3) is 0 Å². The van der Waals surface area contributed by atoms with Gasteiger partial charge in [0.1, 0.15) is 0 Å². The van der Waals surface area contributed by atoms with Gasteiger partial charge < -0.3 is 0 Å². The molecule has 2 aromatic carbocycles. The Kier molecular flexibility index (Phi) is 4.86. The number of nitrogens with one attached hydrogen (secondary N) is 2. The van der Waals surface area contributed by atoms with Crippen molar-refractivity contribution in [2.45, 2.75) is 60.4 Å². The molecular weight excluding hydrogens is 396 g/mol. The van der Waals surface area contributed by atoms with Crippen molar-refractivity contribution in [2.24, 2.45) is 0 Å². The van der Waals surface area contributed by atoms with Crippen LogP contribution in [0.3, 0.4) is 0 Å². The van der Waals surface area contributed by atoms with Gasteiger partial charge >= 0.3 is 0 Å². The van der Waals surface area contributed by atoms with Crippen LogP contribution in [-0.2, 0) is 32.0 Å². The van der Waals surface area contributed by atoms with Crippen molar-refractivity contribution in [3.05, 3.63) is 59.7 Å². The third-order valence-electron chi connectivity index (χ3n) is 5.42. The van der Waals surface area contributed by atoms with E-state index in [4.69, 9.17) is 0 Å². The minimum atomic E-state index is -3.90. The summed E-state index contributed by atoms with van der Waals surface area (Å²) in [6, 6.07) is 13.3. The summed E-state index contributed by atoms with van der Waals surface area (Å²) in [4.78, 5) is -0.0769. The van der Waals surface area contributed by atoms with Gasteiger partial charge in [0, 0.05) is 6.04 Å². The third kappa shape index (κ3) is 3.87. The zero-order valence-corrected chi connectivity index (χ0v) is 17.3. The molecule has 0 saturated heterocycles. The van der Waals surface area contributed by atoms with E-state index in [9.17, 15) is 16.8 Å². The highest BCUT2D eigenvalue weighted by molar-refractivity contribution is 7.90. The van der Waals surface area contributed by atoms with Crippen molar-refractivity contribution in [3.8, 4) is 0 Å². The highest BCUT2D eigenvalue weighted by Crippen LogP contribution is 2.36. The second-order valence-corrected chi connectivity index (χ2v) is 11.2. The Bertz CT molecular complexity index is 1110. The van der Waals surface area contributed by atoms with E-state index in [1.807, 2.05) is 31.2 Å². The van der Waals surface area contributed by atoms with Crippen LogP contribution in [0.4, 0.5) is 0 Å². The van der Waals surface area contributed by atoms with E-state index >= 15 is 0 Å². The molecule has 0 heterocycles. The third-order valence-corrected chi connectivity index (χ3v) is 8.53. The van der Waals surface area contributed by atoms with Crippen LogP contribution in [0.5, 0.6) is 0 Å². The molecule has 0 spiro atoms. The number of benzene rings is 2. The Morgan fingerprint density at radius 2 is 1.61 bits per heavy atom. The Morgan fingerprint density at radius 3 is 2.32 bits per heavy atom. The van der Waals surface area contributed by atoms with Crippen LogP contribution < -0.4 is 9.44 Å². The van der Waals surface area contributed by atoms with Crippen LogP contribution >= 0.6 is 0 Å². The molecule has 0 unspecified atom stereocenters. The topological polar surface area (TPSA) is 92.3 Å². The fourth-order valence-corrected chi connectivity index (χ4v) is 6.69. The van der Waals surface area contributed by atoms with Gasteiger partial charge in [0.2, 0.25) is 20.0 Å². The first-order chi connectivity index (χ1) is 13.2. The van der Waals surface area contributed by atoms with E-state index in [-0.39, 0.29) is 15.8 Å². The van der Waals surface area contributed by atoms with Gasteiger partial charge in [0.05, 0.1) is 15.3 Å². The standard InChI is InChI=1S/C20H24N2O4S2/c1-20(13-5-7-15-6-2-3-10-19(15)20)22-28(25,26)18-9-4-8-17(14-18)27(23,24)21-16-11-12-16/h2-4,6,8-10,14,16,21-22H,5,7,11-13H2,1H3/t20-/m1/s1. The van der Waals surface area contributed by atoms with Gasteiger partial charge in [-0.3, -0.25) is 0 Å². The number of rotatable bonds is 6. The second kappa shape index (κ2) is 6.95. The van der Waals surface area contributed by atoms with Gasteiger partial charge in [-0.2, -0.15) is 0 Å². The molecular formula is C20H24N2O4S2. The smallest absolute Gasteiger partial charge is 0.208 e. The van der Waals surface area contributed by atoms with Gasteiger partial charge in [-0.05, 0) is 68.4 Å². The molecule has 1 atom stereocenters. The maximum absolute atomic E-state index is 13.1. The Labute approximate surface area is 166 Å². The summed E-state index contributed by atoms with van der Waals surface area (Å²) < 4.78 is 56.5. The average molecular weight is 421 g/mol. The number of hydrogen-bond donors (Lipinski definition) is 2. The molecule has 0 radical (unpaired) electrons. The van der Waals surface area contributed by atoms with Gasteiger partial charge in [-0.15, -0.1) is 0 Å². The van der Waals surface area contributed by atoms with Crippen molar-refractivity contribution >= 4 is 20.0 Å². The fraction of sp³-hybridized carbons (Fsp3) is 0.400. The average Bonchev–Trinajstić information content (AvgIpc) is 3.45. The van der Waals surface area contributed by atoms with Crippen LogP contribution in [0.2, 0.25) is 0 Å². The minimum Gasteiger partial charge on any atom is -0.208 e. The monoisotopic (exact) mass is 420 g/mol. The Hall–Kier alpha value is -1.74. The second-order valence-electron chi connectivity index (χ2n) is 7.82. The van der Waals surface area contributed by atoms with Crippen molar-refractivity contribution in [2.75, 3.05) is 0 Å². The summed E-state index contributed by atoms with van der Waals surface area (Å²) in [5.74, 6) is 0. The van der Waals surface area contributed by atoms with Crippen LogP contribution in [0.1, 0.15) is 43.7 Å². The lowest BCUT2D eigenvalue weighted by atomic mass is 9.79. The van der Waals surface area contributed by atoms with Crippen LogP contribution in [0, 0.1) is 0 Å². The van der Waals surface area contributed by atoms with E-state index in [2.05, 4.69) is 9.44 Å². The maximum Gasteiger partial charge on any atom is 0.241 e. The lowest BCUT2D eigenvalue weighted by molar-refractivity contribution is 0.366. The zero-order chi connectivity index (χ0) is 20.0. The molecule has 2 aliphatic rings. The first-order valence-electron chi connectivity index (χ1n) is 9.44. The van der Waals surface area contributed by atoms with E-state index in [0.717, 1.165) is 36.8 Å². The molecule has 150 valence electrons. The number of fused-ring (bicyclic) bond motifs is 1. The molecule has 8 heteroatoms. The SMILES string of the molecule is C[C@@]1(NS(=O)(=O)c2cccc(S(=O)(=O)NC3CC3)c2)CCCc2ccccc21. The number of aryl methyl sites for hydroxylation is 1. The predicted octanol–water partition coefficient (Wildman–Crippen LogP) is 2.66. The molecule has 28 heavy (non-hydrogen) atoms. The molecule has 2 N–H and O–H groups in total. The summed E-state index contributed by atoms with van der Waals surface area (Å²) in [5.41, 5.74) is 1.39. The lowest BCUT2D eigenvalue weighted by Crippen LogP contribution is -2.45. The van der Waals surface area contributed by atoms with Gasteiger partial charge in [0.15, 0.2) is 0 Å². The molecule has 1 fully saturated rings. The fourth-order valence-electron chi connectivity index (χ4n) is 3.80. The number of sulfonamides is 2. The molecule has 0 aliphatic heterocycles. The van der Waals surface area contributed by atoms with Crippen molar-refractivity contribution in [1.29, 1.82) is 0 Å². The molecule has 2 aromatic rings. The highest BCUT2D eigenvalue weighted by Gasteiger charge is 2.36. The van der Waals surface area contributed by atoms with Crippen molar-refractivity contribution in [3.63, 3.8) is 0 Å². The summed E-state index contributed by atoms with van der Waals surface area (Å²) in [6.07, 6.45) is 4.13. The molecule has 4 rings (SSSR count). The summed E-state index contributed by atoms with van der Waals surface area (Å²) >= 11 is 0. The van der Waals surface area contributed by atoms with E-state index in [1.165, 1.54) is 24.3 Å². The van der Waals surface area contributed by atoms with E-state index in [1.54, 1.807) is 0 Å². The maximum atomic E-state index is 13.1. The van der Waals surface area contributed by atoms with Crippen LogP contribution in [-0.4, -0.2) is 22.9 Å². The summed E-state index contributed by atoms with van der Waals surface area (Å²) in [7, 11) is -7.62. The van der Waals surface area contributed by atoms with Crippen LogP contribution in [0.15, 0.2) is 58.3 Å². The van der Waals surface area contributed by atoms with Gasteiger partial charge in [-0.25, -0.2) is 26.3 Å². The summed E-state index contributed by atoms with van der Waals surface area (Å²) in [5, 5.41) is 0. The molecule has 6 nitrogen and oxygen atoms in total. The summed E-state index contributed by atoms with van der Waals surface area (Å²) in [6.45, 7) is 1.89. The Morgan fingerprint density at radius 1 is 0.929 bits per heavy atom. The molecule has 2 aliphatic carbocycles. The minimum absolute atomic E-state index is 0.0310. The Balaban J connectivity index is 1.65. The highest BCUT2D eigenvalue weighted by atomic mass is 32.2. The van der Waals surface area contributed by atoms with Crippen molar-refractivity contribution in [1.82, 2.24) is 9.44 Å². The molecule has 0 aromatic heterocycles. The predicted molar refractivity (Wildman–Crippen MR) is 107 cm³/mol. The van der Waals surface area contributed by atoms with Gasteiger partial charge in [0.25, 0.3) is 0 Å². The van der Waals surface area contributed by atoms with Gasteiger partial charge in [-0.1, -0.05) is 30.3 Å². The molecule has 1 saturated carbocycles. The number of hydrogen-bond acceptors (Lipinski definition) is 4. The zero-order valence-electron chi connectivity index (χ0n) is 15.7. The quantitative estimate of drug-likeness (QED) is 0.751. The molecule has 0 bridgehead atoms. The van der Waals surface area contributed by atoms with E-state index in [0.29, 0.717) is 6.42 Å². The van der Waals surface area contributed by atoms with E-state index < -0.39 is 25.6 Å². The largest absolute Gasteiger partial charge is 0.241 e. The first-order valence-corrected chi connectivity index (χ1v) is 12.4. The lowest BCUT2D eigenvalue weighted by Gasteiger charge is -2.36. The molecule has 0 amide bonds.